The van der Waals surface area contributed by atoms with E-state index in [-0.39, 0.29) is 16.4 Å². The molecule has 0 saturated heterocycles. The third kappa shape index (κ3) is 4.07. The molecule has 0 radical (unpaired) electrons. The molecule has 3 aromatic heterocycles. The number of aromatic nitrogens is 4. The average molecular weight is 468 g/mol. The third-order valence-electron chi connectivity index (χ3n) is 5.37. The number of oxazole rings is 1. The summed E-state index contributed by atoms with van der Waals surface area (Å²) in [6.07, 6.45) is 0. The molecule has 0 aliphatic rings. The number of carboxylic acid groups (broad SMARTS) is 1. The summed E-state index contributed by atoms with van der Waals surface area (Å²) in [7, 11) is 1.65. The Balaban J connectivity index is 1.90. The van der Waals surface area contributed by atoms with Crippen molar-refractivity contribution in [2.24, 2.45) is 7.05 Å². The fourth-order valence-electron chi connectivity index (χ4n) is 3.86. The first kappa shape index (κ1) is 22.5. The van der Waals surface area contributed by atoms with Gasteiger partial charge in [-0.1, -0.05) is 17.7 Å². The van der Waals surface area contributed by atoms with Gasteiger partial charge in [0.1, 0.15) is 16.6 Å². The molecule has 33 heavy (non-hydrogen) atoms. The van der Waals surface area contributed by atoms with Crippen LogP contribution in [0.15, 0.2) is 33.5 Å². The van der Waals surface area contributed by atoms with Gasteiger partial charge in [-0.15, -0.1) is 0 Å². The minimum absolute atomic E-state index is 0.0830. The Morgan fingerprint density at radius 1 is 1.18 bits per heavy atom. The lowest BCUT2D eigenvalue weighted by Gasteiger charge is -2.20. The number of nitrogens with zero attached hydrogens (tertiary/aromatic N) is 4. The molecule has 10 heteroatoms. The minimum Gasteiger partial charge on any atom is -0.476 e. The number of hydrogen-bond donors (Lipinski definition) is 2. The predicted octanol–water partition coefficient (Wildman–Crippen LogP) is 4.43. The highest BCUT2D eigenvalue weighted by atomic mass is 35.5. The van der Waals surface area contributed by atoms with E-state index >= 15 is 0 Å². The van der Waals surface area contributed by atoms with Gasteiger partial charge in [-0.05, 0) is 44.5 Å². The first-order valence-corrected chi connectivity index (χ1v) is 10.6. The Bertz CT molecular complexity index is 1470. The van der Waals surface area contributed by atoms with E-state index in [2.05, 4.69) is 15.3 Å². The maximum absolute atomic E-state index is 13.2. The molecule has 0 aliphatic heterocycles. The van der Waals surface area contributed by atoms with E-state index in [0.717, 1.165) is 11.1 Å². The summed E-state index contributed by atoms with van der Waals surface area (Å²) in [5, 5.41) is 13.2. The smallest absolute Gasteiger partial charge is 0.356 e. The van der Waals surface area contributed by atoms with Gasteiger partial charge in [-0.2, -0.15) is 0 Å². The van der Waals surface area contributed by atoms with Crippen LogP contribution in [0.5, 0.6) is 0 Å². The predicted molar refractivity (Wildman–Crippen MR) is 125 cm³/mol. The van der Waals surface area contributed by atoms with Crippen LogP contribution in [0.25, 0.3) is 22.4 Å². The van der Waals surface area contributed by atoms with Gasteiger partial charge in [0.2, 0.25) is 0 Å². The van der Waals surface area contributed by atoms with Gasteiger partial charge in [-0.3, -0.25) is 9.36 Å². The SMILES string of the molecule is Cc1cc([C@@H](C)Nc2ccc(Cl)nc2C(=O)O)c2nc(-c3nc(C)oc3C)n(C)c(=O)c2c1. The van der Waals surface area contributed by atoms with Crippen molar-refractivity contribution in [1.29, 1.82) is 0 Å². The lowest BCUT2D eigenvalue weighted by molar-refractivity contribution is 0.0691. The van der Waals surface area contributed by atoms with Crippen LogP contribution in [0, 0.1) is 20.8 Å². The molecule has 2 N–H and O–H groups in total. The molecule has 0 spiro atoms. The van der Waals surface area contributed by atoms with Crippen LogP contribution in [0.1, 0.15) is 46.2 Å². The largest absolute Gasteiger partial charge is 0.476 e. The number of pyridine rings is 1. The number of hydrogen-bond acceptors (Lipinski definition) is 7. The third-order valence-corrected chi connectivity index (χ3v) is 5.58. The molecule has 9 nitrogen and oxygen atoms in total. The Labute approximate surface area is 194 Å². The van der Waals surface area contributed by atoms with Crippen LogP contribution < -0.4 is 10.9 Å². The van der Waals surface area contributed by atoms with Gasteiger partial charge >= 0.3 is 5.97 Å². The van der Waals surface area contributed by atoms with Gasteiger partial charge in [0.05, 0.1) is 22.6 Å². The van der Waals surface area contributed by atoms with Crippen LogP contribution in [-0.2, 0) is 7.05 Å². The number of rotatable bonds is 5. The second-order valence-electron chi connectivity index (χ2n) is 7.89. The molecule has 0 bridgehead atoms. The number of halogens is 1. The Kier molecular flexibility index (Phi) is 5.67. The summed E-state index contributed by atoms with van der Waals surface area (Å²) in [6, 6.07) is 6.38. The minimum atomic E-state index is -1.20. The molecule has 0 unspecified atom stereocenters. The van der Waals surface area contributed by atoms with Gasteiger partial charge < -0.3 is 14.8 Å². The molecule has 4 aromatic rings. The number of carboxylic acids is 1. The number of nitrogens with one attached hydrogen (secondary N) is 1. The van der Waals surface area contributed by atoms with Crippen molar-refractivity contribution >= 4 is 34.2 Å². The van der Waals surface area contributed by atoms with Crippen LogP contribution in [0.4, 0.5) is 5.69 Å². The van der Waals surface area contributed by atoms with E-state index < -0.39 is 12.0 Å². The van der Waals surface area contributed by atoms with E-state index in [1.54, 1.807) is 33.0 Å². The van der Waals surface area contributed by atoms with Crippen molar-refractivity contribution in [3.8, 4) is 11.5 Å². The second-order valence-corrected chi connectivity index (χ2v) is 8.28. The molecule has 0 saturated carbocycles. The number of aryl methyl sites for hydroxylation is 3. The highest BCUT2D eigenvalue weighted by Crippen LogP contribution is 2.30. The number of anilines is 1. The van der Waals surface area contributed by atoms with Crippen molar-refractivity contribution in [1.82, 2.24) is 19.5 Å². The standard InChI is InChI=1S/C23H22ClN5O4/c1-10-8-14(11(2)25-16-6-7-17(24)27-20(16)23(31)32)19-15(9-10)22(30)29(5)21(28-19)18-12(3)33-13(4)26-18/h6-9,11,25H,1-5H3,(H,31,32)/t11-/m1/s1. The van der Waals surface area contributed by atoms with E-state index in [9.17, 15) is 14.7 Å². The van der Waals surface area contributed by atoms with Crippen LogP contribution >= 0.6 is 11.6 Å². The van der Waals surface area contributed by atoms with E-state index in [1.807, 2.05) is 19.9 Å². The summed E-state index contributed by atoms with van der Waals surface area (Å²) in [5.41, 5.74) is 2.50. The van der Waals surface area contributed by atoms with E-state index in [1.165, 1.54) is 10.6 Å². The number of carbonyl (C=O) groups is 1. The maximum Gasteiger partial charge on any atom is 0.356 e. The van der Waals surface area contributed by atoms with E-state index in [0.29, 0.717) is 39.8 Å². The summed E-state index contributed by atoms with van der Waals surface area (Å²) in [5.74, 6) is 0.228. The van der Waals surface area contributed by atoms with Crippen molar-refractivity contribution < 1.29 is 14.3 Å². The van der Waals surface area contributed by atoms with Crippen LogP contribution in [0.2, 0.25) is 5.15 Å². The quantitative estimate of drug-likeness (QED) is 0.413. The normalized spacial score (nSPS) is 12.2. The van der Waals surface area contributed by atoms with Crippen LogP contribution in [0.3, 0.4) is 0 Å². The zero-order valence-electron chi connectivity index (χ0n) is 18.7. The molecular weight excluding hydrogens is 446 g/mol. The molecule has 4 rings (SSSR count). The van der Waals surface area contributed by atoms with Crippen molar-refractivity contribution in [3.05, 3.63) is 68.2 Å². The summed E-state index contributed by atoms with van der Waals surface area (Å²) < 4.78 is 7.00. The van der Waals surface area contributed by atoms with Gasteiger partial charge in [-0.25, -0.2) is 19.7 Å². The van der Waals surface area contributed by atoms with Crippen molar-refractivity contribution in [2.45, 2.75) is 33.7 Å². The summed E-state index contributed by atoms with van der Waals surface area (Å²) >= 11 is 5.87. The molecule has 1 aromatic carbocycles. The number of benzene rings is 1. The highest BCUT2D eigenvalue weighted by molar-refractivity contribution is 6.29. The van der Waals surface area contributed by atoms with Crippen molar-refractivity contribution in [3.63, 3.8) is 0 Å². The molecule has 0 fully saturated rings. The zero-order chi connectivity index (χ0) is 24.0. The summed E-state index contributed by atoms with van der Waals surface area (Å²) in [4.78, 5) is 38.0. The molecule has 1 atom stereocenters. The summed E-state index contributed by atoms with van der Waals surface area (Å²) in [6.45, 7) is 7.25. The van der Waals surface area contributed by atoms with Gasteiger partial charge in [0.15, 0.2) is 17.4 Å². The molecule has 0 aliphatic carbocycles. The Morgan fingerprint density at radius 2 is 1.91 bits per heavy atom. The zero-order valence-corrected chi connectivity index (χ0v) is 19.5. The van der Waals surface area contributed by atoms with Crippen LogP contribution in [-0.4, -0.2) is 30.6 Å². The van der Waals surface area contributed by atoms with Crippen molar-refractivity contribution in [2.75, 3.05) is 5.32 Å². The molecular formula is C23H22ClN5O4. The fourth-order valence-corrected chi connectivity index (χ4v) is 4.00. The number of aromatic carboxylic acids is 1. The van der Waals surface area contributed by atoms with Gasteiger partial charge in [0, 0.05) is 19.5 Å². The Hall–Kier alpha value is -3.72. The first-order valence-electron chi connectivity index (χ1n) is 10.2. The molecule has 170 valence electrons. The lowest BCUT2D eigenvalue weighted by Crippen LogP contribution is -2.22. The molecule has 3 heterocycles. The highest BCUT2D eigenvalue weighted by Gasteiger charge is 2.22. The topological polar surface area (TPSA) is 123 Å². The molecule has 0 amide bonds. The number of fused-ring (bicyclic) bond motifs is 1. The first-order chi connectivity index (χ1) is 15.6. The fraction of sp³-hybridized carbons (Fsp3) is 0.261. The Morgan fingerprint density at radius 3 is 2.55 bits per heavy atom. The maximum atomic E-state index is 13.2. The average Bonchev–Trinajstić information content (AvgIpc) is 3.09. The monoisotopic (exact) mass is 467 g/mol. The van der Waals surface area contributed by atoms with Gasteiger partial charge in [0.25, 0.3) is 5.56 Å². The van der Waals surface area contributed by atoms with E-state index in [4.69, 9.17) is 21.0 Å². The second kappa shape index (κ2) is 8.32. The lowest BCUT2D eigenvalue weighted by atomic mass is 10.0.